The Hall–Kier alpha value is -2.67. The minimum Gasteiger partial charge on any atom is -0.376 e. The Kier molecular flexibility index (Phi) is 4.90. The summed E-state index contributed by atoms with van der Waals surface area (Å²) < 4.78 is 7.12. The molecule has 0 spiro atoms. The number of hydrogen-bond donors (Lipinski definition) is 2. The normalized spacial score (nSPS) is 16.9. The quantitative estimate of drug-likeness (QED) is 0.779. The van der Waals surface area contributed by atoms with E-state index in [1.165, 1.54) is 0 Å². The summed E-state index contributed by atoms with van der Waals surface area (Å²) in [6.45, 7) is 5.09. The van der Waals surface area contributed by atoms with Crippen molar-refractivity contribution < 1.29 is 14.3 Å². The SMILES string of the molecule is C=CCNC(=O)c1nc(C(=O)NCC2CCCO2)n2ccccc12. The van der Waals surface area contributed by atoms with Crippen molar-refractivity contribution in [1.29, 1.82) is 0 Å². The van der Waals surface area contributed by atoms with Gasteiger partial charge in [0.15, 0.2) is 5.69 Å². The van der Waals surface area contributed by atoms with E-state index in [4.69, 9.17) is 4.74 Å². The molecular formula is C17H20N4O3. The van der Waals surface area contributed by atoms with Gasteiger partial charge in [-0.2, -0.15) is 0 Å². The molecule has 3 rings (SSSR count). The van der Waals surface area contributed by atoms with Gasteiger partial charge in [0.25, 0.3) is 11.8 Å². The van der Waals surface area contributed by atoms with Crippen molar-refractivity contribution in [3.05, 3.63) is 48.6 Å². The first-order valence-corrected chi connectivity index (χ1v) is 7.96. The van der Waals surface area contributed by atoms with Gasteiger partial charge in [0.2, 0.25) is 5.82 Å². The molecule has 1 unspecified atom stereocenters. The van der Waals surface area contributed by atoms with Crippen LogP contribution in [0.3, 0.4) is 0 Å². The molecule has 0 radical (unpaired) electrons. The Morgan fingerprint density at radius 2 is 2.25 bits per heavy atom. The molecule has 2 amide bonds. The molecular weight excluding hydrogens is 308 g/mol. The summed E-state index contributed by atoms with van der Waals surface area (Å²) in [7, 11) is 0. The molecule has 24 heavy (non-hydrogen) atoms. The van der Waals surface area contributed by atoms with Crippen molar-refractivity contribution in [1.82, 2.24) is 20.0 Å². The standard InChI is InChI=1S/C17H20N4O3/c1-2-8-18-16(22)14-13-7-3-4-9-21(13)15(20-14)17(23)19-11-12-6-5-10-24-12/h2-4,7,9,12H,1,5-6,8,10-11H2,(H,18,22)(H,19,23). The predicted octanol–water partition coefficient (Wildman–Crippen LogP) is 1.16. The van der Waals surface area contributed by atoms with Crippen LogP contribution >= 0.6 is 0 Å². The highest BCUT2D eigenvalue weighted by atomic mass is 16.5. The number of rotatable bonds is 6. The van der Waals surface area contributed by atoms with Crippen LogP contribution in [0, 0.1) is 0 Å². The van der Waals surface area contributed by atoms with Gasteiger partial charge in [-0.3, -0.25) is 14.0 Å². The van der Waals surface area contributed by atoms with Crippen LogP contribution in [0.25, 0.3) is 5.52 Å². The van der Waals surface area contributed by atoms with Gasteiger partial charge in [-0.15, -0.1) is 6.58 Å². The third-order valence-electron chi connectivity index (χ3n) is 3.89. The molecule has 7 heteroatoms. The number of aromatic nitrogens is 2. The molecule has 2 aromatic heterocycles. The lowest BCUT2D eigenvalue weighted by Gasteiger charge is -2.10. The topological polar surface area (TPSA) is 84.7 Å². The molecule has 1 fully saturated rings. The van der Waals surface area contributed by atoms with E-state index in [1.54, 1.807) is 34.9 Å². The molecule has 3 heterocycles. The molecule has 0 bridgehead atoms. The minimum absolute atomic E-state index is 0.0514. The molecule has 126 valence electrons. The number of amides is 2. The number of nitrogens with zero attached hydrogens (tertiary/aromatic N) is 2. The summed E-state index contributed by atoms with van der Waals surface area (Å²) in [5.74, 6) is -0.474. The fraction of sp³-hybridized carbons (Fsp3) is 0.353. The largest absolute Gasteiger partial charge is 0.376 e. The van der Waals surface area contributed by atoms with E-state index in [2.05, 4.69) is 22.2 Å². The predicted molar refractivity (Wildman–Crippen MR) is 89.0 cm³/mol. The van der Waals surface area contributed by atoms with Gasteiger partial charge in [0.05, 0.1) is 11.6 Å². The molecule has 1 atom stereocenters. The number of carbonyl (C=O) groups is 2. The first-order valence-electron chi connectivity index (χ1n) is 7.96. The van der Waals surface area contributed by atoms with E-state index in [0.29, 0.717) is 18.6 Å². The van der Waals surface area contributed by atoms with Gasteiger partial charge >= 0.3 is 0 Å². The fourth-order valence-corrected chi connectivity index (χ4v) is 2.70. The first-order chi connectivity index (χ1) is 11.7. The van der Waals surface area contributed by atoms with Gasteiger partial charge in [-0.25, -0.2) is 4.98 Å². The molecule has 7 nitrogen and oxygen atoms in total. The number of pyridine rings is 1. The van der Waals surface area contributed by atoms with Crippen LogP contribution in [-0.2, 0) is 4.74 Å². The van der Waals surface area contributed by atoms with Crippen LogP contribution in [0.4, 0.5) is 0 Å². The maximum absolute atomic E-state index is 12.5. The summed E-state index contributed by atoms with van der Waals surface area (Å²) in [4.78, 5) is 29.0. The van der Waals surface area contributed by atoms with Crippen molar-refractivity contribution in [2.24, 2.45) is 0 Å². The Balaban J connectivity index is 1.83. The van der Waals surface area contributed by atoms with Gasteiger partial charge < -0.3 is 15.4 Å². The number of ether oxygens (including phenoxy) is 1. The second kappa shape index (κ2) is 7.27. The highest BCUT2D eigenvalue weighted by Gasteiger charge is 2.22. The zero-order valence-corrected chi connectivity index (χ0v) is 13.3. The van der Waals surface area contributed by atoms with E-state index < -0.39 is 0 Å². The van der Waals surface area contributed by atoms with Gasteiger partial charge in [0.1, 0.15) is 0 Å². The Morgan fingerprint density at radius 3 is 3.00 bits per heavy atom. The zero-order valence-electron chi connectivity index (χ0n) is 13.3. The molecule has 2 aromatic rings. The van der Waals surface area contributed by atoms with Crippen molar-refractivity contribution in [3.8, 4) is 0 Å². The monoisotopic (exact) mass is 328 g/mol. The van der Waals surface area contributed by atoms with Crippen LogP contribution in [0.5, 0.6) is 0 Å². The smallest absolute Gasteiger partial charge is 0.287 e. The van der Waals surface area contributed by atoms with Crippen molar-refractivity contribution >= 4 is 17.3 Å². The fourth-order valence-electron chi connectivity index (χ4n) is 2.70. The van der Waals surface area contributed by atoms with E-state index >= 15 is 0 Å². The average molecular weight is 328 g/mol. The lowest BCUT2D eigenvalue weighted by Crippen LogP contribution is -2.33. The number of hydrogen-bond acceptors (Lipinski definition) is 4. The average Bonchev–Trinajstić information content (AvgIpc) is 3.25. The molecule has 1 aliphatic heterocycles. The number of carbonyl (C=O) groups excluding carboxylic acids is 2. The highest BCUT2D eigenvalue weighted by Crippen LogP contribution is 2.14. The van der Waals surface area contributed by atoms with E-state index in [0.717, 1.165) is 19.4 Å². The van der Waals surface area contributed by atoms with Gasteiger partial charge in [-0.1, -0.05) is 12.1 Å². The second-order valence-corrected chi connectivity index (χ2v) is 5.58. The second-order valence-electron chi connectivity index (χ2n) is 5.58. The minimum atomic E-state index is -0.336. The molecule has 1 aliphatic rings. The van der Waals surface area contributed by atoms with Gasteiger partial charge in [0, 0.05) is 25.9 Å². The van der Waals surface area contributed by atoms with Crippen LogP contribution in [0.2, 0.25) is 0 Å². The first kappa shape index (κ1) is 16.2. The van der Waals surface area contributed by atoms with Crippen molar-refractivity contribution in [2.45, 2.75) is 18.9 Å². The van der Waals surface area contributed by atoms with Crippen LogP contribution in [0.1, 0.15) is 33.9 Å². The summed E-state index contributed by atoms with van der Waals surface area (Å²) in [6.07, 6.45) is 5.31. The molecule has 0 saturated carbocycles. The molecule has 0 aromatic carbocycles. The third kappa shape index (κ3) is 3.30. The van der Waals surface area contributed by atoms with Gasteiger partial charge in [-0.05, 0) is 25.0 Å². The number of fused-ring (bicyclic) bond motifs is 1. The summed E-state index contributed by atoms with van der Waals surface area (Å²) >= 11 is 0. The van der Waals surface area contributed by atoms with E-state index in [9.17, 15) is 9.59 Å². The van der Waals surface area contributed by atoms with Crippen LogP contribution < -0.4 is 10.6 Å². The lowest BCUT2D eigenvalue weighted by atomic mass is 10.2. The Labute approximate surface area is 139 Å². The summed E-state index contributed by atoms with van der Waals surface area (Å²) in [5, 5.41) is 5.52. The Morgan fingerprint density at radius 1 is 1.38 bits per heavy atom. The maximum Gasteiger partial charge on any atom is 0.287 e. The summed E-state index contributed by atoms with van der Waals surface area (Å²) in [6, 6.07) is 5.35. The maximum atomic E-state index is 12.5. The summed E-state index contributed by atoms with van der Waals surface area (Å²) in [5.41, 5.74) is 0.807. The zero-order chi connectivity index (χ0) is 16.9. The molecule has 0 aliphatic carbocycles. The molecule has 1 saturated heterocycles. The highest BCUT2D eigenvalue weighted by molar-refractivity contribution is 6.02. The lowest BCUT2D eigenvalue weighted by molar-refractivity contribution is 0.0848. The van der Waals surface area contributed by atoms with Crippen molar-refractivity contribution in [2.75, 3.05) is 19.7 Å². The third-order valence-corrected chi connectivity index (χ3v) is 3.89. The van der Waals surface area contributed by atoms with E-state index in [1.807, 2.05) is 0 Å². The number of imidazole rings is 1. The van der Waals surface area contributed by atoms with Crippen LogP contribution in [-0.4, -0.2) is 47.0 Å². The number of nitrogens with one attached hydrogen (secondary N) is 2. The van der Waals surface area contributed by atoms with Crippen molar-refractivity contribution in [3.63, 3.8) is 0 Å². The Bertz CT molecular complexity index is 762. The molecule has 2 N–H and O–H groups in total. The van der Waals surface area contributed by atoms with Crippen LogP contribution in [0.15, 0.2) is 37.1 Å². The van der Waals surface area contributed by atoms with E-state index in [-0.39, 0.29) is 29.4 Å².